The Morgan fingerprint density at radius 1 is 0.703 bits per heavy atom. The van der Waals surface area contributed by atoms with Gasteiger partial charge < -0.3 is 13.7 Å². The summed E-state index contributed by atoms with van der Waals surface area (Å²) in [7, 11) is 1.87. The maximum Gasteiger partial charge on any atom is 0.204 e. The Balaban J connectivity index is 0.000000114. The van der Waals surface area contributed by atoms with Crippen molar-refractivity contribution in [2.75, 3.05) is 0 Å². The summed E-state index contributed by atoms with van der Waals surface area (Å²) in [5.74, 6) is 0. The molecule has 0 amide bonds. The minimum Gasteiger partial charge on any atom is -0.318 e. The topological polar surface area (TPSA) is 92.1 Å². The lowest BCUT2D eigenvalue weighted by atomic mass is 10.3. The number of hydrogen-bond donors (Lipinski definition) is 0. The average molecular weight is 557 g/mol. The minimum absolute atomic E-state index is 0.319. The van der Waals surface area contributed by atoms with Crippen LogP contribution >= 0.6 is 34.8 Å². The van der Waals surface area contributed by atoms with Gasteiger partial charge in [0, 0.05) is 37.7 Å². The van der Waals surface area contributed by atoms with E-state index in [0.29, 0.717) is 27.9 Å². The maximum atomic E-state index is 6.03. The van der Waals surface area contributed by atoms with E-state index in [1.165, 1.54) is 12.8 Å². The molecule has 0 atom stereocenters. The van der Waals surface area contributed by atoms with Crippen LogP contribution in [-0.4, -0.2) is 43.6 Å². The van der Waals surface area contributed by atoms with Crippen molar-refractivity contribution in [2.45, 2.75) is 38.8 Å². The minimum atomic E-state index is 0.319. The van der Waals surface area contributed by atoms with Gasteiger partial charge in [-0.2, -0.15) is 0 Å². The molecule has 190 valence electrons. The molecule has 12 heteroatoms. The van der Waals surface area contributed by atoms with Crippen molar-refractivity contribution in [1.29, 1.82) is 0 Å². The van der Waals surface area contributed by atoms with Gasteiger partial charge in [-0.3, -0.25) is 15.0 Å². The number of aryl methyl sites for hydroxylation is 1. The van der Waals surface area contributed by atoms with Crippen LogP contribution < -0.4 is 0 Å². The molecule has 0 bridgehead atoms. The molecule has 6 aromatic heterocycles. The number of halogens is 3. The maximum absolute atomic E-state index is 6.03. The molecular formula is C25H24Cl3N9. The van der Waals surface area contributed by atoms with Gasteiger partial charge in [-0.25, -0.2) is 15.0 Å². The summed E-state index contributed by atoms with van der Waals surface area (Å²) in [6.45, 7) is 4.15. The third-order valence-corrected chi connectivity index (χ3v) is 6.83. The van der Waals surface area contributed by atoms with Gasteiger partial charge in [0.25, 0.3) is 0 Å². The quantitative estimate of drug-likeness (QED) is 0.235. The number of hydrogen-bond acceptors (Lipinski definition) is 6. The Kier molecular flexibility index (Phi) is 7.28. The molecule has 7 rings (SSSR count). The Labute approximate surface area is 228 Å². The van der Waals surface area contributed by atoms with Crippen molar-refractivity contribution < 1.29 is 0 Å². The first-order valence-electron chi connectivity index (χ1n) is 11.7. The Morgan fingerprint density at radius 2 is 1.19 bits per heavy atom. The highest BCUT2D eigenvalue weighted by Gasteiger charge is 2.27. The summed E-state index contributed by atoms with van der Waals surface area (Å²) >= 11 is 17.8. The summed E-state index contributed by atoms with van der Waals surface area (Å²) in [6.07, 6.45) is 12.8. The van der Waals surface area contributed by atoms with Crippen LogP contribution in [-0.2, 0) is 7.05 Å². The average Bonchev–Trinajstić information content (AvgIpc) is 3.48. The van der Waals surface area contributed by atoms with Gasteiger partial charge in [-0.05, 0) is 79.7 Å². The van der Waals surface area contributed by atoms with Crippen molar-refractivity contribution >= 4 is 67.9 Å². The number of pyridine rings is 3. The zero-order valence-electron chi connectivity index (χ0n) is 20.4. The van der Waals surface area contributed by atoms with Crippen molar-refractivity contribution in [1.82, 2.24) is 43.6 Å². The van der Waals surface area contributed by atoms with Crippen LogP contribution in [0.2, 0.25) is 15.9 Å². The van der Waals surface area contributed by atoms with Crippen LogP contribution in [0.15, 0.2) is 55.4 Å². The van der Waals surface area contributed by atoms with Gasteiger partial charge in [0.1, 0.15) is 16.6 Å². The number of imidazole rings is 3. The lowest BCUT2D eigenvalue weighted by Crippen LogP contribution is -1.99. The molecule has 6 aromatic rings. The number of rotatable bonds is 2. The van der Waals surface area contributed by atoms with Crippen molar-refractivity contribution in [2.24, 2.45) is 7.05 Å². The first-order chi connectivity index (χ1) is 17.8. The fourth-order valence-corrected chi connectivity index (χ4v) is 4.92. The van der Waals surface area contributed by atoms with E-state index in [2.05, 4.69) is 48.3 Å². The highest BCUT2D eigenvalue weighted by molar-refractivity contribution is 6.30. The molecule has 0 aliphatic heterocycles. The van der Waals surface area contributed by atoms with Gasteiger partial charge in [-0.15, -0.1) is 0 Å². The Bertz CT molecular complexity index is 1600. The predicted octanol–water partition coefficient (Wildman–Crippen LogP) is 6.71. The molecule has 6 heterocycles. The third-order valence-electron chi connectivity index (χ3n) is 5.95. The molecule has 1 aliphatic carbocycles. The lowest BCUT2D eigenvalue weighted by molar-refractivity contribution is 0.618. The number of aromatic nitrogens is 9. The summed E-state index contributed by atoms with van der Waals surface area (Å²) in [4.78, 5) is 24.5. The van der Waals surface area contributed by atoms with Gasteiger partial charge in [-0.1, -0.05) is 0 Å². The second kappa shape index (κ2) is 10.6. The fraction of sp³-hybridized carbons (Fsp3) is 0.280. The lowest BCUT2D eigenvalue weighted by Gasteiger charge is -2.08. The smallest absolute Gasteiger partial charge is 0.204 e. The highest BCUT2D eigenvalue weighted by Crippen LogP contribution is 2.39. The van der Waals surface area contributed by atoms with E-state index < -0.39 is 0 Å². The second-order valence-corrected chi connectivity index (χ2v) is 9.87. The number of nitrogens with zero attached hydrogens (tertiary/aromatic N) is 9. The zero-order chi connectivity index (χ0) is 26.1. The fourth-order valence-electron chi connectivity index (χ4n) is 4.04. The van der Waals surface area contributed by atoms with Crippen LogP contribution in [0, 0.1) is 0 Å². The monoisotopic (exact) mass is 555 g/mol. The molecule has 0 unspecified atom stereocenters. The van der Waals surface area contributed by atoms with E-state index in [4.69, 9.17) is 34.8 Å². The molecule has 1 saturated carbocycles. The molecule has 0 saturated heterocycles. The summed E-state index contributed by atoms with van der Waals surface area (Å²) in [6, 6.07) is 6.66. The van der Waals surface area contributed by atoms with E-state index in [0.717, 1.165) is 33.1 Å². The highest BCUT2D eigenvalue weighted by atomic mass is 35.5. The first-order valence-corrected chi connectivity index (χ1v) is 12.9. The van der Waals surface area contributed by atoms with E-state index in [1.807, 2.05) is 34.4 Å². The van der Waals surface area contributed by atoms with Gasteiger partial charge in [0.2, 0.25) is 15.9 Å². The normalized spacial score (nSPS) is 13.1. The van der Waals surface area contributed by atoms with Crippen LogP contribution in [0.5, 0.6) is 0 Å². The van der Waals surface area contributed by atoms with Crippen LogP contribution in [0.25, 0.3) is 33.1 Å². The first kappa shape index (κ1) is 25.4. The molecular weight excluding hydrogens is 533 g/mol. The van der Waals surface area contributed by atoms with Crippen molar-refractivity contribution in [3.8, 4) is 0 Å². The molecule has 0 spiro atoms. The van der Waals surface area contributed by atoms with E-state index >= 15 is 0 Å². The van der Waals surface area contributed by atoms with Gasteiger partial charge in [0.05, 0.1) is 35.1 Å². The second-order valence-electron chi connectivity index (χ2n) is 8.86. The number of fused-ring (bicyclic) bond motifs is 3. The molecule has 37 heavy (non-hydrogen) atoms. The van der Waals surface area contributed by atoms with Gasteiger partial charge >= 0.3 is 0 Å². The van der Waals surface area contributed by atoms with Gasteiger partial charge in [0.15, 0.2) is 0 Å². The standard InChI is InChI=1S/C9H8ClN3.C9H10ClN3.C7H6ClN3/c10-9-12-7-5-11-4-3-8(7)13(9)6-1-2-6;1-6(2)13-8-3-4-11-5-7(8)12-9(13)10;1-11-6-2-3-9-4-5(6)10-7(11)8/h3-6H,1-2H2;3-6H,1-2H3;2-4H,1H3. The zero-order valence-corrected chi connectivity index (χ0v) is 22.7. The van der Waals surface area contributed by atoms with Crippen molar-refractivity contribution in [3.63, 3.8) is 0 Å². The summed E-state index contributed by atoms with van der Waals surface area (Å²) in [5, 5.41) is 1.61. The van der Waals surface area contributed by atoms with E-state index in [-0.39, 0.29) is 0 Å². The van der Waals surface area contributed by atoms with Crippen LogP contribution in [0.3, 0.4) is 0 Å². The predicted molar refractivity (Wildman–Crippen MR) is 147 cm³/mol. The van der Waals surface area contributed by atoms with E-state index in [1.54, 1.807) is 37.2 Å². The SMILES string of the molecule is CC(C)n1c(Cl)nc2cnccc21.Clc1nc2cnccc2n1C1CC1.Cn1c(Cl)nc2cnccc21. The molecule has 0 radical (unpaired) electrons. The third kappa shape index (κ3) is 5.25. The van der Waals surface area contributed by atoms with E-state index in [9.17, 15) is 0 Å². The van der Waals surface area contributed by atoms with Crippen molar-refractivity contribution in [3.05, 3.63) is 71.2 Å². The van der Waals surface area contributed by atoms with Crippen LogP contribution in [0.1, 0.15) is 38.8 Å². The van der Waals surface area contributed by atoms with Crippen LogP contribution in [0.4, 0.5) is 0 Å². The Morgan fingerprint density at radius 3 is 1.76 bits per heavy atom. The molecule has 1 aliphatic rings. The molecule has 0 aromatic carbocycles. The summed E-state index contributed by atoms with van der Waals surface area (Å²) in [5.41, 5.74) is 5.71. The summed E-state index contributed by atoms with van der Waals surface area (Å²) < 4.78 is 5.90. The molecule has 0 N–H and O–H groups in total. The molecule has 9 nitrogen and oxygen atoms in total. The Hall–Kier alpha value is -3.27. The largest absolute Gasteiger partial charge is 0.318 e. The molecule has 1 fully saturated rings.